The summed E-state index contributed by atoms with van der Waals surface area (Å²) in [6.45, 7) is 0.392. The number of hydrogen-bond donors (Lipinski definition) is 1. The third-order valence-corrected chi connectivity index (χ3v) is 3.24. The van der Waals surface area contributed by atoms with Gasteiger partial charge in [-0.3, -0.25) is 0 Å². The molecule has 1 saturated carbocycles. The van der Waals surface area contributed by atoms with E-state index in [1.165, 1.54) is 0 Å². The number of nitrogens with zero attached hydrogens (tertiary/aromatic N) is 4. The Bertz CT molecular complexity index is 649. The van der Waals surface area contributed by atoms with Gasteiger partial charge in [-0.25, -0.2) is 14.5 Å². The summed E-state index contributed by atoms with van der Waals surface area (Å²) in [6, 6.07) is 5.45. The smallest absolute Gasteiger partial charge is 0.358 e. The van der Waals surface area contributed by atoms with Gasteiger partial charge in [-0.15, -0.1) is 5.10 Å². The lowest BCUT2D eigenvalue weighted by molar-refractivity contribution is 0.0689. The van der Waals surface area contributed by atoms with Crippen LogP contribution in [-0.2, 0) is 6.54 Å². The van der Waals surface area contributed by atoms with E-state index < -0.39 is 5.97 Å². The lowest BCUT2D eigenvalue weighted by atomic mass is 10.2. The second-order valence-electron chi connectivity index (χ2n) is 4.73. The van der Waals surface area contributed by atoms with Crippen LogP contribution in [0.25, 0.3) is 0 Å². The van der Waals surface area contributed by atoms with E-state index in [1.807, 2.05) is 12.1 Å². The Morgan fingerprint density at radius 3 is 2.95 bits per heavy atom. The van der Waals surface area contributed by atoms with E-state index in [4.69, 9.17) is 9.84 Å². The third kappa shape index (κ3) is 2.34. The van der Waals surface area contributed by atoms with Crippen LogP contribution in [0.4, 0.5) is 0 Å². The summed E-state index contributed by atoms with van der Waals surface area (Å²) in [5.74, 6) is -0.257. The first-order chi connectivity index (χ1) is 9.69. The number of ether oxygens (including phenoxy) is 1. The van der Waals surface area contributed by atoms with Crippen molar-refractivity contribution in [2.24, 2.45) is 0 Å². The van der Waals surface area contributed by atoms with Crippen molar-refractivity contribution in [1.82, 2.24) is 20.0 Å². The summed E-state index contributed by atoms with van der Waals surface area (Å²) in [5, 5.41) is 16.9. The van der Waals surface area contributed by atoms with Crippen molar-refractivity contribution in [1.29, 1.82) is 0 Å². The highest BCUT2D eigenvalue weighted by Gasteiger charge is 2.33. The molecule has 20 heavy (non-hydrogen) atoms. The largest absolute Gasteiger partial charge is 0.481 e. The highest BCUT2D eigenvalue weighted by Crippen LogP contribution is 2.41. The summed E-state index contributed by atoms with van der Waals surface area (Å²) < 4.78 is 6.70. The first-order valence-electron chi connectivity index (χ1n) is 6.35. The van der Waals surface area contributed by atoms with Crippen molar-refractivity contribution in [2.75, 3.05) is 7.11 Å². The summed E-state index contributed by atoms with van der Waals surface area (Å²) in [7, 11) is 1.56. The maximum Gasteiger partial charge on any atom is 0.358 e. The molecule has 1 N–H and O–H groups in total. The average molecular weight is 274 g/mol. The number of rotatable bonds is 5. The van der Waals surface area contributed by atoms with Crippen molar-refractivity contribution in [2.45, 2.75) is 25.3 Å². The number of methoxy groups -OCH3 is 1. The molecular weight excluding hydrogens is 260 g/mol. The molecule has 0 radical (unpaired) electrons. The van der Waals surface area contributed by atoms with Gasteiger partial charge in [0, 0.05) is 12.0 Å². The molecule has 0 saturated heterocycles. The predicted molar refractivity (Wildman–Crippen MR) is 68.8 cm³/mol. The summed E-state index contributed by atoms with van der Waals surface area (Å²) in [6.07, 6.45) is 1.97. The van der Waals surface area contributed by atoms with Gasteiger partial charge in [0.2, 0.25) is 5.88 Å². The Morgan fingerprint density at radius 2 is 2.30 bits per heavy atom. The van der Waals surface area contributed by atoms with Gasteiger partial charge in [-0.1, -0.05) is 11.3 Å². The van der Waals surface area contributed by atoms with Crippen molar-refractivity contribution in [3.8, 4) is 5.88 Å². The van der Waals surface area contributed by atoms with E-state index in [-0.39, 0.29) is 11.6 Å². The van der Waals surface area contributed by atoms with Gasteiger partial charge in [0.15, 0.2) is 5.69 Å². The lowest BCUT2D eigenvalue weighted by Crippen LogP contribution is -2.09. The average Bonchev–Trinajstić information content (AvgIpc) is 3.20. The number of carbonyl (C=O) groups is 1. The molecule has 2 aromatic rings. The van der Waals surface area contributed by atoms with E-state index in [1.54, 1.807) is 17.9 Å². The van der Waals surface area contributed by atoms with Crippen molar-refractivity contribution >= 4 is 5.97 Å². The second-order valence-corrected chi connectivity index (χ2v) is 4.73. The summed E-state index contributed by atoms with van der Waals surface area (Å²) in [5.41, 5.74) is 1.51. The van der Waals surface area contributed by atoms with Crippen LogP contribution in [-0.4, -0.2) is 38.2 Å². The number of aromatic carboxylic acids is 1. The van der Waals surface area contributed by atoms with Gasteiger partial charge in [0.25, 0.3) is 0 Å². The first kappa shape index (κ1) is 12.6. The number of pyridine rings is 1. The minimum Gasteiger partial charge on any atom is -0.481 e. The summed E-state index contributed by atoms with van der Waals surface area (Å²) in [4.78, 5) is 15.5. The quantitative estimate of drug-likeness (QED) is 0.884. The molecule has 1 fully saturated rings. The number of carboxylic acid groups (broad SMARTS) is 1. The lowest BCUT2D eigenvalue weighted by Gasteiger charge is -2.06. The number of hydrogen-bond acceptors (Lipinski definition) is 5. The topological polar surface area (TPSA) is 90.1 Å². The minimum absolute atomic E-state index is 0.0513. The van der Waals surface area contributed by atoms with Crippen LogP contribution in [0.5, 0.6) is 5.88 Å². The molecule has 0 aliphatic heterocycles. The van der Waals surface area contributed by atoms with Crippen LogP contribution in [0.15, 0.2) is 18.2 Å². The number of carboxylic acids is 1. The molecule has 0 aromatic carbocycles. The van der Waals surface area contributed by atoms with Crippen molar-refractivity contribution in [3.05, 3.63) is 35.3 Å². The Morgan fingerprint density at radius 1 is 1.50 bits per heavy atom. The Labute approximate surface area is 115 Å². The maximum absolute atomic E-state index is 11.2. The molecule has 7 nitrogen and oxygen atoms in total. The fourth-order valence-electron chi connectivity index (χ4n) is 2.16. The van der Waals surface area contributed by atoms with Gasteiger partial charge in [0.05, 0.1) is 25.0 Å². The minimum atomic E-state index is -1.03. The predicted octanol–water partition coefficient (Wildman–Crippen LogP) is 1.31. The third-order valence-electron chi connectivity index (χ3n) is 3.24. The van der Waals surface area contributed by atoms with Crippen molar-refractivity contribution in [3.63, 3.8) is 0 Å². The van der Waals surface area contributed by atoms with E-state index in [0.29, 0.717) is 18.1 Å². The molecule has 0 bridgehead atoms. The van der Waals surface area contributed by atoms with Gasteiger partial charge in [0.1, 0.15) is 0 Å². The fourth-order valence-corrected chi connectivity index (χ4v) is 2.16. The maximum atomic E-state index is 11.2. The van der Waals surface area contributed by atoms with Crippen LogP contribution in [0.1, 0.15) is 40.6 Å². The zero-order valence-corrected chi connectivity index (χ0v) is 11.0. The van der Waals surface area contributed by atoms with Gasteiger partial charge >= 0.3 is 5.97 Å². The van der Waals surface area contributed by atoms with Crippen LogP contribution in [0.3, 0.4) is 0 Å². The van der Waals surface area contributed by atoms with Crippen LogP contribution in [0, 0.1) is 0 Å². The van der Waals surface area contributed by atoms with Gasteiger partial charge in [-0.2, -0.15) is 0 Å². The van der Waals surface area contributed by atoms with Crippen LogP contribution >= 0.6 is 0 Å². The standard InChI is InChI=1S/C13H14N4O3/c1-20-10-4-2-3-9(14-10)7-17-12(8-5-6-8)11(13(18)19)15-16-17/h2-4,8H,5-7H2,1H3,(H,18,19). The zero-order valence-electron chi connectivity index (χ0n) is 11.0. The SMILES string of the molecule is COc1cccc(Cn2nnc(C(=O)O)c2C2CC2)n1. The normalized spacial score (nSPS) is 14.2. The summed E-state index contributed by atoms with van der Waals surface area (Å²) >= 11 is 0. The molecule has 1 aliphatic carbocycles. The fraction of sp³-hybridized carbons (Fsp3) is 0.385. The van der Waals surface area contributed by atoms with E-state index >= 15 is 0 Å². The van der Waals surface area contributed by atoms with E-state index in [9.17, 15) is 4.79 Å². The second kappa shape index (κ2) is 4.92. The Balaban J connectivity index is 1.92. The molecule has 1 aliphatic rings. The molecule has 3 rings (SSSR count). The Hall–Kier alpha value is -2.44. The molecule has 0 spiro atoms. The Kier molecular flexibility index (Phi) is 3.09. The monoisotopic (exact) mass is 274 g/mol. The molecule has 2 aromatic heterocycles. The molecule has 0 atom stereocenters. The molecule has 0 amide bonds. The number of aromatic nitrogens is 4. The van der Waals surface area contributed by atoms with Crippen LogP contribution < -0.4 is 4.74 Å². The first-order valence-corrected chi connectivity index (χ1v) is 6.35. The molecule has 7 heteroatoms. The van der Waals surface area contributed by atoms with Gasteiger partial charge in [-0.05, 0) is 18.9 Å². The molecular formula is C13H14N4O3. The van der Waals surface area contributed by atoms with E-state index in [2.05, 4.69) is 15.3 Å². The molecule has 2 heterocycles. The van der Waals surface area contributed by atoms with Crippen LogP contribution in [0.2, 0.25) is 0 Å². The van der Waals surface area contributed by atoms with Crippen molar-refractivity contribution < 1.29 is 14.6 Å². The molecule has 0 unspecified atom stereocenters. The molecule has 104 valence electrons. The van der Waals surface area contributed by atoms with Gasteiger partial charge < -0.3 is 9.84 Å². The highest BCUT2D eigenvalue weighted by molar-refractivity contribution is 5.86. The zero-order chi connectivity index (χ0) is 14.1. The van der Waals surface area contributed by atoms with E-state index in [0.717, 1.165) is 18.5 Å². The highest BCUT2D eigenvalue weighted by atomic mass is 16.5.